The number of nitrogens with zero attached hydrogens (tertiary/aromatic N) is 2. The third-order valence-corrected chi connectivity index (χ3v) is 2.89. The summed E-state index contributed by atoms with van der Waals surface area (Å²) in [4.78, 5) is 6.36. The Labute approximate surface area is 102 Å². The van der Waals surface area contributed by atoms with Crippen molar-refractivity contribution in [1.82, 2.24) is 4.98 Å². The Morgan fingerprint density at radius 1 is 1.18 bits per heavy atom. The van der Waals surface area contributed by atoms with Gasteiger partial charge in [0.2, 0.25) is 0 Å². The lowest BCUT2D eigenvalue weighted by Crippen LogP contribution is -2.14. The number of nitrogens with two attached hydrogens (primary N) is 1. The molecule has 1 aromatic carbocycles. The van der Waals surface area contributed by atoms with Crippen LogP contribution in [0.1, 0.15) is 11.1 Å². The third-order valence-electron chi connectivity index (χ3n) is 2.89. The van der Waals surface area contributed by atoms with Gasteiger partial charge in [-0.1, -0.05) is 12.1 Å². The van der Waals surface area contributed by atoms with E-state index < -0.39 is 0 Å². The van der Waals surface area contributed by atoms with Crippen LogP contribution in [0.5, 0.6) is 0 Å². The molecule has 3 nitrogen and oxygen atoms in total. The predicted molar refractivity (Wildman–Crippen MR) is 72.6 cm³/mol. The molecule has 1 aromatic heterocycles. The average Bonchev–Trinajstić information content (AvgIpc) is 2.32. The highest BCUT2D eigenvalue weighted by atomic mass is 15.2. The van der Waals surface area contributed by atoms with E-state index in [1.54, 1.807) is 6.20 Å². The topological polar surface area (TPSA) is 42.2 Å². The average molecular weight is 227 g/mol. The lowest BCUT2D eigenvalue weighted by Gasteiger charge is -2.21. The molecule has 0 saturated carbocycles. The second kappa shape index (κ2) is 4.45. The van der Waals surface area contributed by atoms with Crippen LogP contribution in [0.15, 0.2) is 36.5 Å². The van der Waals surface area contributed by atoms with Gasteiger partial charge in [-0.15, -0.1) is 0 Å². The van der Waals surface area contributed by atoms with Crippen LogP contribution in [-0.4, -0.2) is 12.0 Å². The van der Waals surface area contributed by atoms with E-state index in [2.05, 4.69) is 30.1 Å². The molecule has 0 radical (unpaired) electrons. The van der Waals surface area contributed by atoms with Crippen molar-refractivity contribution in [3.8, 4) is 0 Å². The lowest BCUT2D eigenvalue weighted by molar-refractivity contribution is 1.12. The molecule has 0 unspecified atom stereocenters. The van der Waals surface area contributed by atoms with Gasteiger partial charge in [-0.25, -0.2) is 4.98 Å². The van der Waals surface area contributed by atoms with E-state index >= 15 is 0 Å². The molecule has 3 heteroatoms. The lowest BCUT2D eigenvalue weighted by atomic mass is 10.2. The summed E-state index contributed by atoms with van der Waals surface area (Å²) in [6.07, 6.45) is 1.79. The Morgan fingerprint density at radius 3 is 2.65 bits per heavy atom. The summed E-state index contributed by atoms with van der Waals surface area (Å²) in [6, 6.07) is 10.2. The molecule has 0 atom stereocenters. The second-order valence-corrected chi connectivity index (χ2v) is 4.26. The van der Waals surface area contributed by atoms with Gasteiger partial charge in [-0.2, -0.15) is 0 Å². The fourth-order valence-electron chi connectivity index (χ4n) is 1.78. The summed E-state index contributed by atoms with van der Waals surface area (Å²) in [5.41, 5.74) is 10.2. The predicted octanol–water partition coefficient (Wildman–Crippen LogP) is 3.05. The Bertz CT molecular complexity index is 535. The summed E-state index contributed by atoms with van der Waals surface area (Å²) in [5, 5.41) is 0. The maximum atomic E-state index is 6.05. The number of benzene rings is 1. The van der Waals surface area contributed by atoms with Crippen molar-refractivity contribution in [2.24, 2.45) is 0 Å². The van der Waals surface area contributed by atoms with Crippen molar-refractivity contribution in [1.29, 1.82) is 0 Å². The first-order valence-corrected chi connectivity index (χ1v) is 5.61. The minimum absolute atomic E-state index is 0.733. The van der Waals surface area contributed by atoms with Crippen molar-refractivity contribution < 1.29 is 0 Å². The van der Waals surface area contributed by atoms with Crippen molar-refractivity contribution in [3.05, 3.63) is 47.7 Å². The first kappa shape index (κ1) is 11.5. The van der Waals surface area contributed by atoms with Crippen LogP contribution in [0.3, 0.4) is 0 Å². The SMILES string of the molecule is Cc1cccc(N(C)c2nccc(C)c2N)c1. The van der Waals surface area contributed by atoms with Crippen LogP contribution in [0, 0.1) is 13.8 Å². The van der Waals surface area contributed by atoms with Gasteiger partial charge in [-0.05, 0) is 43.2 Å². The van der Waals surface area contributed by atoms with Gasteiger partial charge in [0.15, 0.2) is 5.82 Å². The van der Waals surface area contributed by atoms with Gasteiger partial charge >= 0.3 is 0 Å². The number of rotatable bonds is 2. The zero-order chi connectivity index (χ0) is 12.4. The maximum absolute atomic E-state index is 6.05. The molecular formula is C14H17N3. The van der Waals surface area contributed by atoms with Gasteiger partial charge in [0.05, 0.1) is 5.69 Å². The summed E-state index contributed by atoms with van der Waals surface area (Å²) >= 11 is 0. The molecule has 0 aliphatic carbocycles. The molecule has 0 saturated heterocycles. The fourth-order valence-corrected chi connectivity index (χ4v) is 1.78. The zero-order valence-electron chi connectivity index (χ0n) is 10.4. The fraction of sp³-hybridized carbons (Fsp3) is 0.214. The highest BCUT2D eigenvalue weighted by Gasteiger charge is 2.10. The molecular weight excluding hydrogens is 210 g/mol. The van der Waals surface area contributed by atoms with E-state index in [1.165, 1.54) is 5.56 Å². The summed E-state index contributed by atoms with van der Waals surface area (Å²) in [6.45, 7) is 4.06. The van der Waals surface area contributed by atoms with Gasteiger partial charge in [0.25, 0.3) is 0 Å². The monoisotopic (exact) mass is 227 g/mol. The van der Waals surface area contributed by atoms with Crippen molar-refractivity contribution >= 4 is 17.2 Å². The maximum Gasteiger partial charge on any atom is 0.156 e. The van der Waals surface area contributed by atoms with Crippen LogP contribution >= 0.6 is 0 Å². The number of nitrogen functional groups attached to an aromatic ring is 1. The smallest absolute Gasteiger partial charge is 0.156 e. The zero-order valence-corrected chi connectivity index (χ0v) is 10.4. The highest BCUT2D eigenvalue weighted by molar-refractivity contribution is 5.72. The van der Waals surface area contributed by atoms with Crippen LogP contribution < -0.4 is 10.6 Å². The van der Waals surface area contributed by atoms with Crippen molar-refractivity contribution in [3.63, 3.8) is 0 Å². The van der Waals surface area contributed by atoms with E-state index in [0.717, 1.165) is 22.8 Å². The number of aryl methyl sites for hydroxylation is 2. The molecule has 17 heavy (non-hydrogen) atoms. The molecule has 2 rings (SSSR count). The minimum Gasteiger partial charge on any atom is -0.396 e. The van der Waals surface area contributed by atoms with E-state index in [-0.39, 0.29) is 0 Å². The van der Waals surface area contributed by atoms with Gasteiger partial charge in [0.1, 0.15) is 0 Å². The van der Waals surface area contributed by atoms with E-state index in [9.17, 15) is 0 Å². The number of aromatic nitrogens is 1. The molecule has 0 aliphatic heterocycles. The quantitative estimate of drug-likeness (QED) is 0.857. The van der Waals surface area contributed by atoms with Crippen LogP contribution in [0.4, 0.5) is 17.2 Å². The largest absolute Gasteiger partial charge is 0.396 e. The Kier molecular flexibility index (Phi) is 3.00. The molecule has 0 fully saturated rings. The number of anilines is 3. The van der Waals surface area contributed by atoms with Crippen molar-refractivity contribution in [2.75, 3.05) is 17.7 Å². The molecule has 0 amide bonds. The van der Waals surface area contributed by atoms with E-state index in [4.69, 9.17) is 5.73 Å². The van der Waals surface area contributed by atoms with Gasteiger partial charge in [0, 0.05) is 18.9 Å². The molecule has 2 N–H and O–H groups in total. The molecule has 0 bridgehead atoms. The molecule has 0 aliphatic rings. The van der Waals surface area contributed by atoms with Crippen LogP contribution in [0.2, 0.25) is 0 Å². The Hall–Kier alpha value is -2.03. The Morgan fingerprint density at radius 2 is 1.94 bits per heavy atom. The number of pyridine rings is 1. The minimum atomic E-state index is 0.733. The van der Waals surface area contributed by atoms with Crippen molar-refractivity contribution in [2.45, 2.75) is 13.8 Å². The normalized spacial score (nSPS) is 10.3. The van der Waals surface area contributed by atoms with Gasteiger partial charge in [-0.3, -0.25) is 0 Å². The highest BCUT2D eigenvalue weighted by Crippen LogP contribution is 2.28. The number of hydrogen-bond acceptors (Lipinski definition) is 3. The second-order valence-electron chi connectivity index (χ2n) is 4.26. The summed E-state index contributed by atoms with van der Waals surface area (Å²) in [7, 11) is 1.98. The Balaban J connectivity index is 2.44. The van der Waals surface area contributed by atoms with Gasteiger partial charge < -0.3 is 10.6 Å². The van der Waals surface area contributed by atoms with Crippen LogP contribution in [0.25, 0.3) is 0 Å². The number of hydrogen-bond donors (Lipinski definition) is 1. The van der Waals surface area contributed by atoms with E-state index in [1.807, 2.05) is 31.0 Å². The third kappa shape index (κ3) is 2.23. The summed E-state index contributed by atoms with van der Waals surface area (Å²) in [5.74, 6) is 0.801. The molecule has 2 aromatic rings. The van der Waals surface area contributed by atoms with E-state index in [0.29, 0.717) is 0 Å². The molecule has 88 valence electrons. The first-order valence-electron chi connectivity index (χ1n) is 5.61. The standard InChI is InChI=1S/C14H17N3/c1-10-5-4-6-12(9-10)17(3)14-13(15)11(2)7-8-16-14/h4-9H,15H2,1-3H3. The molecule has 0 spiro atoms. The molecule has 1 heterocycles. The summed E-state index contributed by atoms with van der Waals surface area (Å²) < 4.78 is 0. The van der Waals surface area contributed by atoms with Crippen LogP contribution in [-0.2, 0) is 0 Å². The first-order chi connectivity index (χ1) is 8.09.